The highest BCUT2D eigenvalue weighted by atomic mass is 32.2. The fraction of sp³-hybridized carbons (Fsp3) is 0.273. The number of benzene rings is 1. The van der Waals surface area contributed by atoms with Crippen LogP contribution >= 0.6 is 23.5 Å². The standard InChI is InChI=1S/C11H11NOS2/c1-7-3-4-9-8(5-7)10(6-13)15-11(12-9)14-2/h3-6,10H,1-2H3. The Balaban J connectivity index is 2.52. The zero-order valence-corrected chi connectivity index (χ0v) is 10.2. The topological polar surface area (TPSA) is 29.4 Å². The minimum atomic E-state index is -0.0974. The first-order valence-corrected chi connectivity index (χ1v) is 6.70. The van der Waals surface area contributed by atoms with Crippen LogP contribution in [0.1, 0.15) is 16.4 Å². The predicted octanol–water partition coefficient (Wildman–Crippen LogP) is 3.33. The molecule has 0 N–H and O–H groups in total. The SMILES string of the molecule is CSC1=Nc2ccc(C)cc2C(C=O)S1. The molecule has 0 aliphatic carbocycles. The van der Waals surface area contributed by atoms with Gasteiger partial charge in [-0.15, -0.1) is 11.8 Å². The average molecular weight is 237 g/mol. The number of aliphatic imine (C=N–C) groups is 1. The van der Waals surface area contributed by atoms with Gasteiger partial charge in [0.2, 0.25) is 0 Å². The number of carbonyl (C=O) groups is 1. The second kappa shape index (κ2) is 4.41. The van der Waals surface area contributed by atoms with Crippen LogP contribution in [0.25, 0.3) is 0 Å². The molecule has 1 aromatic rings. The summed E-state index contributed by atoms with van der Waals surface area (Å²) in [5, 5.41) is -0.0974. The van der Waals surface area contributed by atoms with E-state index in [1.54, 1.807) is 11.8 Å². The highest BCUT2D eigenvalue weighted by molar-refractivity contribution is 8.39. The molecule has 0 saturated heterocycles. The number of nitrogens with zero attached hydrogens (tertiary/aromatic N) is 1. The second-order valence-electron chi connectivity index (χ2n) is 3.32. The number of aryl methyl sites for hydroxylation is 1. The Morgan fingerprint density at radius 3 is 3.00 bits per heavy atom. The van der Waals surface area contributed by atoms with Gasteiger partial charge in [-0.2, -0.15) is 0 Å². The first-order chi connectivity index (χ1) is 7.24. The van der Waals surface area contributed by atoms with Gasteiger partial charge in [0, 0.05) is 0 Å². The number of thioether (sulfide) groups is 2. The lowest BCUT2D eigenvalue weighted by Gasteiger charge is -2.19. The molecule has 1 aromatic carbocycles. The largest absolute Gasteiger partial charge is 0.302 e. The van der Waals surface area contributed by atoms with Gasteiger partial charge in [0.15, 0.2) is 0 Å². The first-order valence-electron chi connectivity index (χ1n) is 4.60. The fourth-order valence-corrected chi connectivity index (χ4v) is 3.12. The lowest BCUT2D eigenvalue weighted by atomic mass is 10.1. The molecule has 1 heterocycles. The van der Waals surface area contributed by atoms with Gasteiger partial charge >= 0.3 is 0 Å². The van der Waals surface area contributed by atoms with Crippen LogP contribution in [0.15, 0.2) is 23.2 Å². The third-order valence-corrected chi connectivity index (χ3v) is 4.37. The minimum Gasteiger partial charge on any atom is -0.302 e. The molecule has 15 heavy (non-hydrogen) atoms. The van der Waals surface area contributed by atoms with E-state index in [1.165, 1.54) is 17.3 Å². The molecule has 0 spiro atoms. The molecule has 0 fully saturated rings. The van der Waals surface area contributed by atoms with Crippen LogP contribution in [0.2, 0.25) is 0 Å². The summed E-state index contributed by atoms with van der Waals surface area (Å²) >= 11 is 3.11. The third-order valence-electron chi connectivity index (χ3n) is 2.23. The smallest absolute Gasteiger partial charge is 0.137 e. The van der Waals surface area contributed by atoms with Gasteiger partial charge in [-0.05, 0) is 24.8 Å². The maximum absolute atomic E-state index is 11.0. The third kappa shape index (κ3) is 2.11. The summed E-state index contributed by atoms with van der Waals surface area (Å²) in [4.78, 5) is 15.5. The van der Waals surface area contributed by atoms with Crippen LogP contribution in [0, 0.1) is 6.92 Å². The van der Waals surface area contributed by atoms with Gasteiger partial charge in [-0.3, -0.25) is 0 Å². The van der Waals surface area contributed by atoms with Crippen LogP contribution in [0.4, 0.5) is 5.69 Å². The summed E-state index contributed by atoms with van der Waals surface area (Å²) in [7, 11) is 0. The molecule has 4 heteroatoms. The van der Waals surface area contributed by atoms with Crippen LogP contribution in [0.5, 0.6) is 0 Å². The molecule has 0 amide bonds. The molecular weight excluding hydrogens is 226 g/mol. The van der Waals surface area contributed by atoms with Crippen LogP contribution in [-0.2, 0) is 4.79 Å². The minimum absolute atomic E-state index is 0.0974. The number of hydrogen-bond donors (Lipinski definition) is 0. The lowest BCUT2D eigenvalue weighted by molar-refractivity contribution is -0.107. The Kier molecular flexibility index (Phi) is 3.17. The Hall–Kier alpha value is -0.740. The molecule has 1 aliphatic rings. The van der Waals surface area contributed by atoms with Crippen molar-refractivity contribution in [2.75, 3.05) is 6.26 Å². The van der Waals surface area contributed by atoms with Gasteiger partial charge < -0.3 is 4.79 Å². The Morgan fingerprint density at radius 1 is 1.53 bits per heavy atom. The van der Waals surface area contributed by atoms with Crippen molar-refractivity contribution in [3.05, 3.63) is 29.3 Å². The van der Waals surface area contributed by atoms with Crippen LogP contribution < -0.4 is 0 Å². The summed E-state index contributed by atoms with van der Waals surface area (Å²) in [5.41, 5.74) is 3.14. The van der Waals surface area contributed by atoms with E-state index in [2.05, 4.69) is 4.99 Å². The van der Waals surface area contributed by atoms with Crippen molar-refractivity contribution in [1.82, 2.24) is 0 Å². The van der Waals surface area contributed by atoms with Crippen molar-refractivity contribution < 1.29 is 4.79 Å². The number of carbonyl (C=O) groups excluding carboxylic acids is 1. The monoisotopic (exact) mass is 237 g/mol. The molecule has 1 atom stereocenters. The van der Waals surface area contributed by atoms with Crippen molar-refractivity contribution in [3.63, 3.8) is 0 Å². The average Bonchev–Trinajstić information content (AvgIpc) is 2.27. The highest BCUT2D eigenvalue weighted by Gasteiger charge is 2.22. The van der Waals surface area contributed by atoms with Crippen molar-refractivity contribution in [3.8, 4) is 0 Å². The Labute approximate surface area is 97.6 Å². The van der Waals surface area contributed by atoms with E-state index in [0.717, 1.165) is 21.9 Å². The number of aldehydes is 1. The maximum Gasteiger partial charge on any atom is 0.137 e. The van der Waals surface area contributed by atoms with E-state index in [9.17, 15) is 4.79 Å². The lowest BCUT2D eigenvalue weighted by Crippen LogP contribution is -2.04. The molecule has 0 radical (unpaired) electrons. The Bertz CT molecular complexity index is 429. The van der Waals surface area contributed by atoms with Gasteiger partial charge in [0.05, 0.1) is 10.9 Å². The molecule has 0 aromatic heterocycles. The molecule has 1 aliphatic heterocycles. The predicted molar refractivity (Wildman–Crippen MR) is 68.2 cm³/mol. The van der Waals surface area contributed by atoms with E-state index in [-0.39, 0.29) is 5.25 Å². The van der Waals surface area contributed by atoms with E-state index in [0.29, 0.717) is 0 Å². The molecular formula is C11H11NOS2. The highest BCUT2D eigenvalue weighted by Crippen LogP contribution is 2.42. The van der Waals surface area contributed by atoms with Crippen molar-refractivity contribution >= 4 is 39.9 Å². The summed E-state index contributed by atoms with van der Waals surface area (Å²) in [5.74, 6) is 0. The number of rotatable bonds is 1. The van der Waals surface area contributed by atoms with E-state index >= 15 is 0 Å². The second-order valence-corrected chi connectivity index (χ2v) is 5.50. The first kappa shape index (κ1) is 10.8. The number of fused-ring (bicyclic) bond motifs is 1. The molecule has 0 saturated carbocycles. The van der Waals surface area contributed by atoms with E-state index in [1.807, 2.05) is 31.4 Å². The van der Waals surface area contributed by atoms with E-state index in [4.69, 9.17) is 0 Å². The zero-order chi connectivity index (χ0) is 10.8. The molecule has 2 nitrogen and oxygen atoms in total. The van der Waals surface area contributed by atoms with Crippen molar-refractivity contribution in [1.29, 1.82) is 0 Å². The van der Waals surface area contributed by atoms with Crippen LogP contribution in [0.3, 0.4) is 0 Å². The molecule has 2 rings (SSSR count). The Morgan fingerprint density at radius 2 is 2.33 bits per heavy atom. The molecule has 1 unspecified atom stereocenters. The summed E-state index contributed by atoms with van der Waals surface area (Å²) in [6, 6.07) is 6.05. The van der Waals surface area contributed by atoms with Gasteiger partial charge in [0.1, 0.15) is 10.7 Å². The maximum atomic E-state index is 11.0. The fourth-order valence-electron chi connectivity index (χ4n) is 1.50. The van der Waals surface area contributed by atoms with E-state index < -0.39 is 0 Å². The summed E-state index contributed by atoms with van der Waals surface area (Å²) in [6.45, 7) is 2.03. The molecule has 78 valence electrons. The quantitative estimate of drug-likeness (QED) is 0.702. The normalized spacial score (nSPS) is 19.3. The molecule has 0 bridgehead atoms. The summed E-state index contributed by atoms with van der Waals surface area (Å²) in [6.07, 6.45) is 2.97. The zero-order valence-electron chi connectivity index (χ0n) is 8.56. The van der Waals surface area contributed by atoms with Crippen LogP contribution in [-0.4, -0.2) is 16.9 Å². The number of hydrogen-bond acceptors (Lipinski definition) is 4. The van der Waals surface area contributed by atoms with Crippen molar-refractivity contribution in [2.45, 2.75) is 12.2 Å². The summed E-state index contributed by atoms with van der Waals surface area (Å²) < 4.78 is 0.962. The van der Waals surface area contributed by atoms with Gasteiger partial charge in [-0.1, -0.05) is 29.5 Å². The van der Waals surface area contributed by atoms with Crippen molar-refractivity contribution in [2.24, 2.45) is 4.99 Å². The van der Waals surface area contributed by atoms with Gasteiger partial charge in [0.25, 0.3) is 0 Å². The van der Waals surface area contributed by atoms with Gasteiger partial charge in [-0.25, -0.2) is 4.99 Å².